The van der Waals surface area contributed by atoms with E-state index >= 15 is 0 Å². The zero-order valence-corrected chi connectivity index (χ0v) is 10.8. The summed E-state index contributed by atoms with van der Waals surface area (Å²) in [6.07, 6.45) is 0.480. The highest BCUT2D eigenvalue weighted by atomic mass is 16.4. The van der Waals surface area contributed by atoms with Crippen LogP contribution in [-0.2, 0) is 9.59 Å². The molecular weight excluding hydrogens is 248 g/mol. The molecule has 0 saturated carbocycles. The molecule has 1 aromatic carbocycles. The number of hydrogen-bond donors (Lipinski definition) is 3. The van der Waals surface area contributed by atoms with Crippen LogP contribution >= 0.6 is 0 Å². The van der Waals surface area contributed by atoms with E-state index in [0.29, 0.717) is 0 Å². The van der Waals surface area contributed by atoms with Gasteiger partial charge in [0.15, 0.2) is 0 Å². The molecule has 0 fully saturated rings. The molecule has 0 aliphatic carbocycles. The van der Waals surface area contributed by atoms with E-state index in [1.165, 1.54) is 12.1 Å². The van der Waals surface area contributed by atoms with Crippen LogP contribution in [0.15, 0.2) is 18.2 Å². The number of rotatable bonds is 5. The van der Waals surface area contributed by atoms with E-state index in [4.69, 9.17) is 5.11 Å². The molecule has 3 N–H and O–H groups in total. The van der Waals surface area contributed by atoms with Crippen molar-refractivity contribution in [2.24, 2.45) is 0 Å². The van der Waals surface area contributed by atoms with Gasteiger partial charge < -0.3 is 15.7 Å². The van der Waals surface area contributed by atoms with Crippen LogP contribution in [0.3, 0.4) is 0 Å². The topological polar surface area (TPSA) is 95.5 Å². The van der Waals surface area contributed by atoms with E-state index in [9.17, 15) is 14.4 Å². The van der Waals surface area contributed by atoms with Gasteiger partial charge in [0.05, 0.1) is 16.9 Å². The minimum atomic E-state index is -1.17. The third-order valence-corrected chi connectivity index (χ3v) is 2.48. The fourth-order valence-corrected chi connectivity index (χ4v) is 1.44. The molecule has 2 amide bonds. The number of carbonyl (C=O) groups is 3. The Morgan fingerprint density at radius 3 is 2.16 bits per heavy atom. The molecule has 102 valence electrons. The summed E-state index contributed by atoms with van der Waals surface area (Å²) in [7, 11) is 0. The standard InChI is InChI=1S/C13H16N2O4/c1-3-10(16)14-9-7-5-6-8(13(18)19)12(9)15-11(17)4-2/h5-7H,3-4H2,1-2H3,(H,14,16)(H,15,17)(H,18,19). The summed E-state index contributed by atoms with van der Waals surface area (Å²) < 4.78 is 0. The molecular formula is C13H16N2O4. The fraction of sp³-hybridized carbons (Fsp3) is 0.308. The van der Waals surface area contributed by atoms with Crippen molar-refractivity contribution >= 4 is 29.2 Å². The minimum absolute atomic E-state index is 0.0595. The molecule has 0 atom stereocenters. The molecule has 6 heteroatoms. The summed E-state index contributed by atoms with van der Waals surface area (Å²) in [5.41, 5.74) is 0.341. The molecule has 0 aliphatic heterocycles. The van der Waals surface area contributed by atoms with E-state index in [0.717, 1.165) is 0 Å². The van der Waals surface area contributed by atoms with E-state index in [1.54, 1.807) is 19.9 Å². The molecule has 0 radical (unpaired) electrons. The fourth-order valence-electron chi connectivity index (χ4n) is 1.44. The van der Waals surface area contributed by atoms with Crippen LogP contribution in [0.25, 0.3) is 0 Å². The van der Waals surface area contributed by atoms with E-state index in [2.05, 4.69) is 10.6 Å². The number of carboxylic acid groups (broad SMARTS) is 1. The number of aromatic carboxylic acids is 1. The van der Waals surface area contributed by atoms with Crippen LogP contribution < -0.4 is 10.6 Å². The molecule has 0 aliphatic rings. The molecule has 0 spiro atoms. The number of carbonyl (C=O) groups excluding carboxylic acids is 2. The summed E-state index contributed by atoms with van der Waals surface area (Å²) in [6, 6.07) is 4.43. The number of anilines is 2. The molecule has 1 aromatic rings. The highest BCUT2D eigenvalue weighted by molar-refractivity contribution is 6.07. The first-order valence-electron chi connectivity index (χ1n) is 5.95. The van der Waals surface area contributed by atoms with Gasteiger partial charge in [-0.25, -0.2) is 4.79 Å². The van der Waals surface area contributed by atoms with Crippen LogP contribution in [0.1, 0.15) is 37.0 Å². The number of nitrogens with one attached hydrogen (secondary N) is 2. The zero-order chi connectivity index (χ0) is 14.4. The maximum atomic E-state index is 11.4. The van der Waals surface area contributed by atoms with Crippen LogP contribution in [-0.4, -0.2) is 22.9 Å². The summed E-state index contributed by atoms with van der Waals surface area (Å²) in [4.78, 5) is 34.0. The largest absolute Gasteiger partial charge is 0.478 e. The lowest BCUT2D eigenvalue weighted by Crippen LogP contribution is -2.17. The number of carboxylic acids is 1. The quantitative estimate of drug-likeness (QED) is 0.758. The third kappa shape index (κ3) is 3.80. The van der Waals surface area contributed by atoms with Crippen molar-refractivity contribution in [2.45, 2.75) is 26.7 Å². The second-order valence-corrected chi connectivity index (χ2v) is 3.84. The molecule has 0 unspecified atom stereocenters. The van der Waals surface area contributed by atoms with Crippen molar-refractivity contribution in [3.05, 3.63) is 23.8 Å². The first-order valence-corrected chi connectivity index (χ1v) is 5.95. The van der Waals surface area contributed by atoms with Crippen molar-refractivity contribution in [3.63, 3.8) is 0 Å². The van der Waals surface area contributed by atoms with Crippen LogP contribution in [0, 0.1) is 0 Å². The van der Waals surface area contributed by atoms with Crippen molar-refractivity contribution in [2.75, 3.05) is 10.6 Å². The Hall–Kier alpha value is -2.37. The van der Waals surface area contributed by atoms with Gasteiger partial charge in [0.1, 0.15) is 0 Å². The van der Waals surface area contributed by atoms with Crippen molar-refractivity contribution < 1.29 is 19.5 Å². The Balaban J connectivity index is 3.21. The first-order chi connectivity index (χ1) is 8.99. The van der Waals surface area contributed by atoms with Gasteiger partial charge in [0.2, 0.25) is 11.8 Å². The molecule has 0 saturated heterocycles. The Kier molecular flexibility index (Phi) is 5.05. The zero-order valence-electron chi connectivity index (χ0n) is 10.8. The SMILES string of the molecule is CCC(=O)Nc1cccc(C(=O)O)c1NC(=O)CC. The lowest BCUT2D eigenvalue weighted by molar-refractivity contribution is -0.116. The lowest BCUT2D eigenvalue weighted by Gasteiger charge is -2.14. The van der Waals surface area contributed by atoms with Crippen LogP contribution in [0.4, 0.5) is 11.4 Å². The molecule has 19 heavy (non-hydrogen) atoms. The summed E-state index contributed by atoms with van der Waals surface area (Å²) in [6.45, 7) is 3.34. The van der Waals surface area contributed by atoms with Gasteiger partial charge in [-0.05, 0) is 12.1 Å². The van der Waals surface area contributed by atoms with Gasteiger partial charge in [-0.2, -0.15) is 0 Å². The van der Waals surface area contributed by atoms with Gasteiger partial charge in [0.25, 0.3) is 0 Å². The van der Waals surface area contributed by atoms with Crippen molar-refractivity contribution in [3.8, 4) is 0 Å². The van der Waals surface area contributed by atoms with Gasteiger partial charge in [-0.1, -0.05) is 19.9 Å². The lowest BCUT2D eigenvalue weighted by atomic mass is 10.1. The van der Waals surface area contributed by atoms with Crippen molar-refractivity contribution in [1.29, 1.82) is 0 Å². The van der Waals surface area contributed by atoms with E-state index < -0.39 is 5.97 Å². The average Bonchev–Trinajstić information content (AvgIpc) is 2.39. The Bertz CT molecular complexity index is 511. The average molecular weight is 264 g/mol. The highest BCUT2D eigenvalue weighted by Crippen LogP contribution is 2.26. The maximum Gasteiger partial charge on any atom is 0.337 e. The predicted molar refractivity (Wildman–Crippen MR) is 71.2 cm³/mol. The van der Waals surface area contributed by atoms with E-state index in [1.807, 2.05) is 0 Å². The molecule has 0 heterocycles. The predicted octanol–water partition coefficient (Wildman–Crippen LogP) is 2.08. The number of hydrogen-bond acceptors (Lipinski definition) is 3. The monoisotopic (exact) mass is 264 g/mol. The van der Waals surface area contributed by atoms with E-state index in [-0.39, 0.29) is 41.6 Å². The normalized spacial score (nSPS) is 9.79. The summed E-state index contributed by atoms with van der Waals surface area (Å²) >= 11 is 0. The molecule has 6 nitrogen and oxygen atoms in total. The van der Waals surface area contributed by atoms with Gasteiger partial charge in [-0.15, -0.1) is 0 Å². The Labute approximate surface area is 110 Å². The Morgan fingerprint density at radius 2 is 1.63 bits per heavy atom. The smallest absolute Gasteiger partial charge is 0.337 e. The summed E-state index contributed by atoms with van der Waals surface area (Å²) in [5, 5.41) is 14.2. The molecule has 0 bridgehead atoms. The minimum Gasteiger partial charge on any atom is -0.478 e. The number of para-hydroxylation sites is 1. The Morgan fingerprint density at radius 1 is 1.05 bits per heavy atom. The van der Waals surface area contributed by atoms with Gasteiger partial charge in [0, 0.05) is 12.8 Å². The second kappa shape index (κ2) is 6.53. The van der Waals surface area contributed by atoms with Gasteiger partial charge >= 0.3 is 5.97 Å². The first kappa shape index (κ1) is 14.7. The second-order valence-electron chi connectivity index (χ2n) is 3.84. The maximum absolute atomic E-state index is 11.4. The third-order valence-electron chi connectivity index (χ3n) is 2.48. The highest BCUT2D eigenvalue weighted by Gasteiger charge is 2.16. The van der Waals surface area contributed by atoms with Crippen LogP contribution in [0.2, 0.25) is 0 Å². The van der Waals surface area contributed by atoms with Crippen molar-refractivity contribution in [1.82, 2.24) is 0 Å². The number of amides is 2. The number of benzene rings is 1. The van der Waals surface area contributed by atoms with Crippen LogP contribution in [0.5, 0.6) is 0 Å². The molecule has 1 rings (SSSR count). The van der Waals surface area contributed by atoms with Gasteiger partial charge in [-0.3, -0.25) is 9.59 Å². The summed E-state index contributed by atoms with van der Waals surface area (Å²) in [5.74, 6) is -1.74. The molecule has 0 aromatic heterocycles.